The third kappa shape index (κ3) is 5.40. The van der Waals surface area contributed by atoms with Gasteiger partial charge >= 0.3 is 0 Å². The van der Waals surface area contributed by atoms with Crippen molar-refractivity contribution >= 4 is 38.9 Å². The zero-order chi connectivity index (χ0) is 24.3. The first-order valence-corrected chi connectivity index (χ1v) is 11.9. The van der Waals surface area contributed by atoms with Crippen LogP contribution in [-0.2, 0) is 10.0 Å². The van der Waals surface area contributed by atoms with Crippen molar-refractivity contribution < 1.29 is 22.7 Å². The molecule has 0 aliphatic heterocycles. The quantitative estimate of drug-likeness (QED) is 0.468. The minimum atomic E-state index is -3.93. The number of carbonyl (C=O) groups excluding carboxylic acids is 1. The number of rotatable bonds is 7. The van der Waals surface area contributed by atoms with E-state index in [9.17, 15) is 13.2 Å². The maximum Gasteiger partial charge on any atom is 0.262 e. The van der Waals surface area contributed by atoms with Gasteiger partial charge in [-0.1, -0.05) is 35.4 Å². The van der Waals surface area contributed by atoms with E-state index in [0.717, 1.165) is 11.1 Å². The van der Waals surface area contributed by atoms with Gasteiger partial charge in [-0.3, -0.25) is 9.52 Å². The highest BCUT2D eigenvalue weighted by atomic mass is 35.5. The van der Waals surface area contributed by atoms with E-state index in [1.54, 1.807) is 25.1 Å². The number of halogens is 1. The molecule has 3 aromatic rings. The maximum absolute atomic E-state index is 13.1. The van der Waals surface area contributed by atoms with Crippen LogP contribution < -0.4 is 19.5 Å². The highest BCUT2D eigenvalue weighted by molar-refractivity contribution is 7.92. The Labute approximate surface area is 198 Å². The van der Waals surface area contributed by atoms with Crippen LogP contribution in [0, 0.1) is 20.8 Å². The second-order valence-electron chi connectivity index (χ2n) is 7.55. The van der Waals surface area contributed by atoms with Crippen LogP contribution in [0.5, 0.6) is 11.5 Å². The number of methoxy groups -OCH3 is 2. The zero-order valence-corrected chi connectivity index (χ0v) is 20.5. The Morgan fingerprint density at radius 1 is 0.848 bits per heavy atom. The first kappa shape index (κ1) is 24.4. The molecule has 33 heavy (non-hydrogen) atoms. The van der Waals surface area contributed by atoms with Crippen molar-refractivity contribution in [3.63, 3.8) is 0 Å². The van der Waals surface area contributed by atoms with Crippen LogP contribution in [0.15, 0.2) is 53.4 Å². The summed E-state index contributed by atoms with van der Waals surface area (Å²) >= 11 is 6.12. The summed E-state index contributed by atoms with van der Waals surface area (Å²) in [6.45, 7) is 5.43. The Morgan fingerprint density at radius 3 is 2.18 bits per heavy atom. The summed E-state index contributed by atoms with van der Waals surface area (Å²) in [5.74, 6) is 0.184. The molecule has 0 radical (unpaired) electrons. The average molecular weight is 489 g/mol. The summed E-state index contributed by atoms with van der Waals surface area (Å²) in [4.78, 5) is 13.0. The summed E-state index contributed by atoms with van der Waals surface area (Å²) in [6, 6.07) is 13.0. The number of anilines is 2. The van der Waals surface area contributed by atoms with Crippen LogP contribution in [0.25, 0.3) is 0 Å². The second kappa shape index (κ2) is 9.72. The molecule has 174 valence electrons. The lowest BCUT2D eigenvalue weighted by molar-refractivity contribution is 0.102. The highest BCUT2D eigenvalue weighted by Crippen LogP contribution is 2.36. The number of aryl methyl sites for hydroxylation is 3. The van der Waals surface area contributed by atoms with E-state index in [1.807, 2.05) is 26.0 Å². The van der Waals surface area contributed by atoms with Gasteiger partial charge in [-0.2, -0.15) is 0 Å². The van der Waals surface area contributed by atoms with Gasteiger partial charge in [0.05, 0.1) is 35.5 Å². The molecule has 3 aromatic carbocycles. The molecule has 0 bridgehead atoms. The second-order valence-corrected chi connectivity index (χ2v) is 9.60. The van der Waals surface area contributed by atoms with Gasteiger partial charge in [0, 0.05) is 17.7 Å². The van der Waals surface area contributed by atoms with Gasteiger partial charge in [0.1, 0.15) is 11.5 Å². The summed E-state index contributed by atoms with van der Waals surface area (Å²) < 4.78 is 39.3. The predicted molar refractivity (Wildman–Crippen MR) is 130 cm³/mol. The fourth-order valence-corrected chi connectivity index (χ4v) is 4.94. The summed E-state index contributed by atoms with van der Waals surface area (Å²) in [5, 5.41) is 3.05. The Morgan fingerprint density at radius 2 is 1.55 bits per heavy atom. The SMILES string of the molecule is COc1cc(NC(=O)c2ccc(C)c(S(=O)(=O)Nc3ccc(C)cc3C)c2)c(OC)cc1Cl. The molecule has 0 aliphatic carbocycles. The van der Waals surface area contributed by atoms with Gasteiger partial charge < -0.3 is 14.8 Å². The number of sulfonamides is 1. The van der Waals surface area contributed by atoms with E-state index in [0.29, 0.717) is 33.5 Å². The van der Waals surface area contributed by atoms with Crippen molar-refractivity contribution in [3.8, 4) is 11.5 Å². The molecule has 1 amide bonds. The van der Waals surface area contributed by atoms with Crippen molar-refractivity contribution in [2.75, 3.05) is 24.3 Å². The smallest absolute Gasteiger partial charge is 0.262 e. The zero-order valence-electron chi connectivity index (χ0n) is 18.9. The van der Waals surface area contributed by atoms with Crippen LogP contribution in [-0.4, -0.2) is 28.5 Å². The predicted octanol–water partition coefficient (Wildman–Crippen LogP) is 5.34. The minimum Gasteiger partial charge on any atom is -0.495 e. The molecule has 3 rings (SSSR count). The molecule has 2 N–H and O–H groups in total. The first-order valence-electron chi connectivity index (χ1n) is 9.99. The van der Waals surface area contributed by atoms with Crippen LogP contribution in [0.2, 0.25) is 5.02 Å². The molecule has 0 unspecified atom stereocenters. The monoisotopic (exact) mass is 488 g/mol. The Kier molecular flexibility index (Phi) is 7.19. The number of carbonyl (C=O) groups is 1. The number of benzene rings is 3. The van der Waals surface area contributed by atoms with Crippen molar-refractivity contribution in [1.82, 2.24) is 0 Å². The lowest BCUT2D eigenvalue weighted by Gasteiger charge is -2.15. The van der Waals surface area contributed by atoms with Crippen molar-refractivity contribution in [2.45, 2.75) is 25.7 Å². The average Bonchev–Trinajstić information content (AvgIpc) is 2.76. The lowest BCUT2D eigenvalue weighted by atomic mass is 10.1. The summed E-state index contributed by atoms with van der Waals surface area (Å²) in [5.41, 5.74) is 3.32. The molecule has 0 aromatic heterocycles. The number of ether oxygens (including phenoxy) is 2. The van der Waals surface area contributed by atoms with E-state index in [-0.39, 0.29) is 10.5 Å². The van der Waals surface area contributed by atoms with E-state index >= 15 is 0 Å². The molecular formula is C24H25ClN2O5S. The van der Waals surface area contributed by atoms with Crippen LogP contribution in [0.3, 0.4) is 0 Å². The minimum absolute atomic E-state index is 0.00998. The molecule has 7 nitrogen and oxygen atoms in total. The largest absolute Gasteiger partial charge is 0.495 e. The van der Waals surface area contributed by atoms with Crippen molar-refractivity contribution in [3.05, 3.63) is 75.8 Å². The third-order valence-corrected chi connectivity index (χ3v) is 6.89. The van der Waals surface area contributed by atoms with E-state index in [1.165, 1.54) is 32.4 Å². The van der Waals surface area contributed by atoms with Crippen molar-refractivity contribution in [1.29, 1.82) is 0 Å². The molecule has 0 atom stereocenters. The van der Waals surface area contributed by atoms with Crippen molar-refractivity contribution in [2.24, 2.45) is 0 Å². The van der Waals surface area contributed by atoms with Gasteiger partial charge in [0.15, 0.2) is 0 Å². The normalized spacial score (nSPS) is 11.1. The molecule has 0 aliphatic rings. The van der Waals surface area contributed by atoms with E-state index in [2.05, 4.69) is 10.0 Å². The number of amides is 1. The van der Waals surface area contributed by atoms with Gasteiger partial charge in [-0.15, -0.1) is 0 Å². The molecule has 0 heterocycles. The molecule has 0 fully saturated rings. The molecular weight excluding hydrogens is 464 g/mol. The van der Waals surface area contributed by atoms with E-state index < -0.39 is 15.9 Å². The molecule has 0 saturated heterocycles. The lowest BCUT2D eigenvalue weighted by Crippen LogP contribution is -2.18. The molecule has 9 heteroatoms. The highest BCUT2D eigenvalue weighted by Gasteiger charge is 2.21. The van der Waals surface area contributed by atoms with Gasteiger partial charge in [-0.05, 0) is 50.1 Å². The standard InChI is InChI=1S/C24H25ClN2O5S/c1-14-6-9-19(16(3)10-14)27-33(29,30)23-11-17(8-7-15(23)2)24(28)26-20-13-21(31-4)18(25)12-22(20)32-5/h6-13,27H,1-5H3,(H,26,28). The Bertz CT molecular complexity index is 1320. The Hall–Kier alpha value is -3.23. The summed E-state index contributed by atoms with van der Waals surface area (Å²) in [7, 11) is -1.02. The number of hydrogen-bond acceptors (Lipinski definition) is 5. The third-order valence-electron chi connectivity index (χ3n) is 5.09. The van der Waals surface area contributed by atoms with Crippen LogP contribution in [0.1, 0.15) is 27.0 Å². The number of nitrogens with one attached hydrogen (secondary N) is 2. The molecule has 0 spiro atoms. The fourth-order valence-electron chi connectivity index (χ4n) is 3.31. The Balaban J connectivity index is 1.93. The van der Waals surface area contributed by atoms with Crippen LogP contribution in [0.4, 0.5) is 11.4 Å². The van der Waals surface area contributed by atoms with Gasteiger partial charge in [0.2, 0.25) is 0 Å². The summed E-state index contributed by atoms with van der Waals surface area (Å²) in [6.07, 6.45) is 0. The maximum atomic E-state index is 13.1. The first-order chi connectivity index (χ1) is 15.6. The van der Waals surface area contributed by atoms with Crippen LogP contribution >= 0.6 is 11.6 Å². The van der Waals surface area contributed by atoms with Gasteiger partial charge in [-0.25, -0.2) is 8.42 Å². The number of hydrogen-bond donors (Lipinski definition) is 2. The topological polar surface area (TPSA) is 93.7 Å². The fraction of sp³-hybridized carbons (Fsp3) is 0.208. The van der Waals surface area contributed by atoms with Gasteiger partial charge in [0.25, 0.3) is 15.9 Å². The van der Waals surface area contributed by atoms with E-state index in [4.69, 9.17) is 21.1 Å². The molecule has 0 saturated carbocycles.